The fourth-order valence-corrected chi connectivity index (χ4v) is 4.00. The largest absolute Gasteiger partial charge is 0.493 e. The van der Waals surface area contributed by atoms with Crippen LogP contribution in [-0.4, -0.2) is 49.2 Å². The number of nitrogens with zero attached hydrogens (tertiary/aromatic N) is 6. The third kappa shape index (κ3) is 3.25. The monoisotopic (exact) mass is 431 g/mol. The number of amides is 1. The van der Waals surface area contributed by atoms with Crippen LogP contribution in [0.1, 0.15) is 29.2 Å². The summed E-state index contributed by atoms with van der Waals surface area (Å²) in [7, 11) is 1.59. The minimum Gasteiger partial charge on any atom is -0.493 e. The maximum atomic E-state index is 12.7. The summed E-state index contributed by atoms with van der Waals surface area (Å²) in [6.07, 6.45) is 3.49. The van der Waals surface area contributed by atoms with Crippen LogP contribution in [0.15, 0.2) is 49.3 Å². The zero-order valence-corrected chi connectivity index (χ0v) is 17.6. The zero-order chi connectivity index (χ0) is 22.2. The van der Waals surface area contributed by atoms with E-state index >= 15 is 0 Å². The number of benzene rings is 1. The number of methoxy groups -OCH3 is 1. The van der Waals surface area contributed by atoms with E-state index in [9.17, 15) is 4.79 Å². The lowest BCUT2D eigenvalue weighted by atomic mass is 9.85. The summed E-state index contributed by atoms with van der Waals surface area (Å²) in [5.41, 5.74) is 3.31. The number of carbonyl (C=O) groups is 1. The molecule has 1 N–H and O–H groups in total. The maximum Gasteiger partial charge on any atom is 0.226 e. The summed E-state index contributed by atoms with van der Waals surface area (Å²) in [4.78, 5) is 12.7. The van der Waals surface area contributed by atoms with Crippen LogP contribution in [0.25, 0.3) is 11.5 Å². The van der Waals surface area contributed by atoms with Gasteiger partial charge in [-0.3, -0.25) is 4.79 Å². The van der Waals surface area contributed by atoms with Crippen molar-refractivity contribution in [2.24, 2.45) is 0 Å². The Morgan fingerprint density at radius 3 is 2.94 bits per heavy atom. The summed E-state index contributed by atoms with van der Waals surface area (Å²) in [6, 6.07) is 9.30. The molecule has 3 aromatic heterocycles. The number of aryl methyl sites for hydroxylation is 1. The van der Waals surface area contributed by atoms with Crippen molar-refractivity contribution >= 4 is 17.4 Å². The lowest BCUT2D eigenvalue weighted by Gasteiger charge is -2.25. The van der Waals surface area contributed by atoms with Gasteiger partial charge in [0.2, 0.25) is 5.91 Å². The molecule has 10 heteroatoms. The normalized spacial score (nSPS) is 15.3. The molecule has 1 aliphatic heterocycles. The van der Waals surface area contributed by atoms with Crippen molar-refractivity contribution in [2.75, 3.05) is 19.0 Å². The van der Waals surface area contributed by atoms with E-state index in [-0.39, 0.29) is 11.8 Å². The first-order chi connectivity index (χ1) is 15.6. The fraction of sp³-hybridized carbons (Fsp3) is 0.227. The Morgan fingerprint density at radius 1 is 1.25 bits per heavy atom. The number of nitrogens with one attached hydrogen (secondary N) is 1. The third-order valence-corrected chi connectivity index (χ3v) is 5.41. The molecule has 0 radical (unpaired) electrons. The molecule has 162 valence electrons. The van der Waals surface area contributed by atoms with Gasteiger partial charge >= 0.3 is 0 Å². The zero-order valence-electron chi connectivity index (χ0n) is 17.6. The maximum absolute atomic E-state index is 12.7. The number of ether oxygens (including phenoxy) is 2. The Morgan fingerprint density at radius 2 is 2.12 bits per heavy atom. The average molecular weight is 431 g/mol. The third-order valence-electron chi connectivity index (χ3n) is 5.41. The van der Waals surface area contributed by atoms with E-state index in [0.717, 1.165) is 16.8 Å². The van der Waals surface area contributed by atoms with Gasteiger partial charge in [0.05, 0.1) is 12.8 Å². The van der Waals surface area contributed by atoms with Crippen LogP contribution in [0, 0.1) is 6.92 Å². The molecule has 4 aromatic rings. The van der Waals surface area contributed by atoms with Gasteiger partial charge in [0.1, 0.15) is 18.8 Å². The van der Waals surface area contributed by atoms with Gasteiger partial charge in [-0.15, -0.1) is 15.3 Å². The standard InChI is InChI=1S/C22H21N7O3/c1-4-9-32-16-6-5-14(10-17(16)31-3)15-11-20(30)24-22-21(15)13(2)26-29(22)19-8-7-18-25-23-12-28(18)27-19/h4-8,10,12,15H,1,9,11H2,2-3H3,(H,24,30). The van der Waals surface area contributed by atoms with Crippen molar-refractivity contribution < 1.29 is 14.3 Å². The first kappa shape index (κ1) is 19.7. The minimum atomic E-state index is -0.187. The number of hydrogen-bond acceptors (Lipinski definition) is 7. The van der Waals surface area contributed by atoms with Crippen molar-refractivity contribution in [1.82, 2.24) is 29.6 Å². The van der Waals surface area contributed by atoms with Gasteiger partial charge in [0, 0.05) is 17.9 Å². The van der Waals surface area contributed by atoms with Gasteiger partial charge < -0.3 is 14.8 Å². The Kier molecular flexibility index (Phi) is 4.81. The Hall–Kier alpha value is -4.21. The van der Waals surface area contributed by atoms with Gasteiger partial charge in [0.15, 0.2) is 23.0 Å². The molecule has 5 rings (SSSR count). The molecule has 0 saturated carbocycles. The molecule has 1 aliphatic rings. The second kappa shape index (κ2) is 7.80. The molecule has 0 spiro atoms. The smallest absolute Gasteiger partial charge is 0.226 e. The Bertz CT molecular complexity index is 1340. The van der Waals surface area contributed by atoms with Crippen LogP contribution in [0.4, 0.5) is 5.82 Å². The number of carbonyl (C=O) groups excluding carboxylic acids is 1. The lowest BCUT2D eigenvalue weighted by molar-refractivity contribution is -0.116. The average Bonchev–Trinajstić information content (AvgIpc) is 3.40. The highest BCUT2D eigenvalue weighted by atomic mass is 16.5. The first-order valence-corrected chi connectivity index (χ1v) is 10.1. The predicted octanol–water partition coefficient (Wildman–Crippen LogP) is 2.67. The van der Waals surface area contributed by atoms with Crippen LogP contribution in [0.5, 0.6) is 11.5 Å². The highest BCUT2D eigenvalue weighted by Crippen LogP contribution is 2.42. The highest BCUT2D eigenvalue weighted by Gasteiger charge is 2.33. The van der Waals surface area contributed by atoms with Crippen molar-refractivity contribution in [3.05, 3.63) is 66.1 Å². The molecule has 32 heavy (non-hydrogen) atoms. The molecule has 1 unspecified atom stereocenters. The summed E-state index contributed by atoms with van der Waals surface area (Å²) < 4.78 is 14.4. The van der Waals surface area contributed by atoms with E-state index in [1.807, 2.05) is 25.1 Å². The van der Waals surface area contributed by atoms with Crippen LogP contribution < -0.4 is 14.8 Å². The number of aromatic nitrogens is 6. The molecule has 0 saturated heterocycles. The van der Waals surface area contributed by atoms with Crippen LogP contribution in [0.2, 0.25) is 0 Å². The number of rotatable bonds is 6. The highest BCUT2D eigenvalue weighted by molar-refractivity contribution is 5.95. The van der Waals surface area contributed by atoms with E-state index in [1.54, 1.807) is 34.5 Å². The minimum absolute atomic E-state index is 0.0972. The molecule has 0 bridgehead atoms. The van der Waals surface area contributed by atoms with Crippen molar-refractivity contribution in [1.29, 1.82) is 0 Å². The van der Waals surface area contributed by atoms with Gasteiger partial charge in [-0.05, 0) is 36.8 Å². The molecule has 0 aliphatic carbocycles. The molecular weight excluding hydrogens is 410 g/mol. The van der Waals surface area contributed by atoms with Crippen LogP contribution in [0.3, 0.4) is 0 Å². The number of hydrogen-bond donors (Lipinski definition) is 1. The summed E-state index contributed by atoms with van der Waals surface area (Å²) >= 11 is 0. The molecule has 1 atom stereocenters. The van der Waals surface area contributed by atoms with E-state index in [2.05, 4.69) is 32.3 Å². The summed E-state index contributed by atoms with van der Waals surface area (Å²) in [6.45, 7) is 5.98. The second-order valence-electron chi connectivity index (χ2n) is 7.40. The molecule has 0 fully saturated rings. The van der Waals surface area contributed by atoms with Gasteiger partial charge in [-0.1, -0.05) is 18.7 Å². The van der Waals surface area contributed by atoms with Crippen LogP contribution in [-0.2, 0) is 4.79 Å². The van der Waals surface area contributed by atoms with Crippen LogP contribution >= 0.6 is 0 Å². The quantitative estimate of drug-likeness (QED) is 0.468. The molecule has 10 nitrogen and oxygen atoms in total. The molecular formula is C22H21N7O3. The second-order valence-corrected chi connectivity index (χ2v) is 7.40. The van der Waals surface area contributed by atoms with Gasteiger partial charge in [0.25, 0.3) is 0 Å². The first-order valence-electron chi connectivity index (χ1n) is 10.1. The fourth-order valence-electron chi connectivity index (χ4n) is 4.00. The topological polar surface area (TPSA) is 108 Å². The van der Waals surface area contributed by atoms with Gasteiger partial charge in [-0.25, -0.2) is 0 Å². The Balaban J connectivity index is 1.59. The van der Waals surface area contributed by atoms with Crippen molar-refractivity contribution in [3.63, 3.8) is 0 Å². The van der Waals surface area contributed by atoms with Gasteiger partial charge in [-0.2, -0.15) is 14.3 Å². The summed E-state index contributed by atoms with van der Waals surface area (Å²) in [5.74, 6) is 2.09. The molecule has 4 heterocycles. The van der Waals surface area contributed by atoms with E-state index < -0.39 is 0 Å². The summed E-state index contributed by atoms with van der Waals surface area (Å²) in [5, 5.41) is 20.0. The lowest BCUT2D eigenvalue weighted by Crippen LogP contribution is -2.25. The van der Waals surface area contributed by atoms with E-state index in [4.69, 9.17) is 9.47 Å². The number of fused-ring (bicyclic) bond motifs is 2. The SMILES string of the molecule is C=CCOc1ccc(C2CC(=O)Nc3c2c(C)nn3-c2ccc3nncn3n2)cc1OC. The Labute approximate surface area is 183 Å². The predicted molar refractivity (Wildman–Crippen MR) is 116 cm³/mol. The molecule has 1 aromatic carbocycles. The van der Waals surface area contributed by atoms with Crippen molar-refractivity contribution in [3.8, 4) is 17.3 Å². The number of anilines is 1. The van der Waals surface area contributed by atoms with Crippen molar-refractivity contribution in [2.45, 2.75) is 19.3 Å². The van der Waals surface area contributed by atoms with E-state index in [1.165, 1.54) is 6.33 Å². The molecule has 1 amide bonds. The van der Waals surface area contributed by atoms with E-state index in [0.29, 0.717) is 41.8 Å².